The Kier molecular flexibility index (Phi) is 4.95. The summed E-state index contributed by atoms with van der Waals surface area (Å²) < 4.78 is 2.10. The zero-order valence-corrected chi connectivity index (χ0v) is 10.5. The first-order valence-electron chi connectivity index (χ1n) is 5.52. The molecular weight excluding hydrogens is 210 g/mol. The van der Waals surface area contributed by atoms with Crippen LogP contribution in [-0.2, 0) is 6.54 Å². The standard InChI is InChI=1S/C11H20ClN3/c1-4-15-8-7-13-11(15)14-10(5-6-12)9(2)3/h7-10H,4-6H2,1-3H3,(H,13,14). The third kappa shape index (κ3) is 3.42. The van der Waals surface area contributed by atoms with Crippen molar-refractivity contribution >= 4 is 17.5 Å². The van der Waals surface area contributed by atoms with Crippen LogP contribution in [0.2, 0.25) is 0 Å². The maximum Gasteiger partial charge on any atom is 0.202 e. The van der Waals surface area contributed by atoms with Crippen LogP contribution >= 0.6 is 11.6 Å². The molecule has 0 aliphatic carbocycles. The summed E-state index contributed by atoms with van der Waals surface area (Å²) in [7, 11) is 0. The first-order valence-corrected chi connectivity index (χ1v) is 6.06. The monoisotopic (exact) mass is 229 g/mol. The molecule has 0 bridgehead atoms. The molecule has 4 heteroatoms. The quantitative estimate of drug-likeness (QED) is 0.761. The van der Waals surface area contributed by atoms with Gasteiger partial charge in [0.25, 0.3) is 0 Å². The molecule has 0 saturated carbocycles. The van der Waals surface area contributed by atoms with E-state index in [2.05, 4.69) is 35.6 Å². The Morgan fingerprint density at radius 1 is 1.53 bits per heavy atom. The molecule has 1 unspecified atom stereocenters. The highest BCUT2D eigenvalue weighted by Gasteiger charge is 2.14. The number of aromatic nitrogens is 2. The molecule has 86 valence electrons. The van der Waals surface area contributed by atoms with E-state index < -0.39 is 0 Å². The zero-order valence-electron chi connectivity index (χ0n) is 9.70. The molecule has 0 spiro atoms. The van der Waals surface area contributed by atoms with Gasteiger partial charge in [-0.05, 0) is 19.3 Å². The highest BCUT2D eigenvalue weighted by molar-refractivity contribution is 6.17. The predicted octanol–water partition coefficient (Wildman–Crippen LogP) is 2.97. The maximum atomic E-state index is 5.79. The molecule has 1 rings (SSSR count). The summed E-state index contributed by atoms with van der Waals surface area (Å²) in [5.74, 6) is 2.19. The summed E-state index contributed by atoms with van der Waals surface area (Å²) in [6, 6.07) is 0.398. The summed E-state index contributed by atoms with van der Waals surface area (Å²) in [5.41, 5.74) is 0. The van der Waals surface area contributed by atoms with Gasteiger partial charge in [0.1, 0.15) is 0 Å². The lowest BCUT2D eigenvalue weighted by Gasteiger charge is -2.22. The van der Waals surface area contributed by atoms with Crippen LogP contribution in [0.15, 0.2) is 12.4 Å². The minimum absolute atomic E-state index is 0.398. The fraction of sp³-hybridized carbons (Fsp3) is 0.727. The third-order valence-electron chi connectivity index (χ3n) is 2.60. The van der Waals surface area contributed by atoms with Crippen molar-refractivity contribution in [2.45, 2.75) is 39.8 Å². The number of imidazole rings is 1. The van der Waals surface area contributed by atoms with Crippen LogP contribution in [0.25, 0.3) is 0 Å². The molecule has 15 heavy (non-hydrogen) atoms. The Labute approximate surface area is 96.8 Å². The second-order valence-electron chi connectivity index (χ2n) is 4.01. The Morgan fingerprint density at radius 3 is 2.80 bits per heavy atom. The smallest absolute Gasteiger partial charge is 0.202 e. The number of halogens is 1. The van der Waals surface area contributed by atoms with Gasteiger partial charge in [0.2, 0.25) is 5.95 Å². The van der Waals surface area contributed by atoms with Gasteiger partial charge < -0.3 is 9.88 Å². The van der Waals surface area contributed by atoms with E-state index in [1.54, 1.807) is 0 Å². The number of nitrogens with zero attached hydrogens (tertiary/aromatic N) is 2. The van der Waals surface area contributed by atoms with Crippen LogP contribution in [0, 0.1) is 5.92 Å². The lowest BCUT2D eigenvalue weighted by atomic mass is 10.0. The van der Waals surface area contributed by atoms with Crippen LogP contribution in [0.5, 0.6) is 0 Å². The van der Waals surface area contributed by atoms with Crippen molar-refractivity contribution in [3.05, 3.63) is 12.4 Å². The number of hydrogen-bond donors (Lipinski definition) is 1. The molecule has 1 aromatic rings. The first-order chi connectivity index (χ1) is 7.19. The van der Waals surface area contributed by atoms with Crippen molar-refractivity contribution in [2.24, 2.45) is 5.92 Å². The van der Waals surface area contributed by atoms with Gasteiger partial charge in [-0.1, -0.05) is 13.8 Å². The molecule has 0 aliphatic heterocycles. The summed E-state index contributed by atoms with van der Waals surface area (Å²) in [4.78, 5) is 4.30. The van der Waals surface area contributed by atoms with Crippen LogP contribution in [-0.4, -0.2) is 21.5 Å². The first kappa shape index (κ1) is 12.4. The summed E-state index contributed by atoms with van der Waals surface area (Å²) in [6.07, 6.45) is 4.78. The molecule has 0 aliphatic rings. The minimum atomic E-state index is 0.398. The third-order valence-corrected chi connectivity index (χ3v) is 2.81. The number of aryl methyl sites for hydroxylation is 1. The lowest BCUT2D eigenvalue weighted by Crippen LogP contribution is -2.27. The number of rotatable bonds is 6. The van der Waals surface area contributed by atoms with Gasteiger partial charge in [-0.3, -0.25) is 0 Å². The van der Waals surface area contributed by atoms with E-state index in [4.69, 9.17) is 11.6 Å². The molecule has 0 saturated heterocycles. The molecule has 3 nitrogen and oxygen atoms in total. The minimum Gasteiger partial charge on any atom is -0.353 e. The van der Waals surface area contributed by atoms with Crippen molar-refractivity contribution < 1.29 is 0 Å². The number of hydrogen-bond acceptors (Lipinski definition) is 2. The normalized spacial score (nSPS) is 13.1. The van der Waals surface area contributed by atoms with Crippen LogP contribution in [0.1, 0.15) is 27.2 Å². The molecule has 1 N–H and O–H groups in total. The van der Waals surface area contributed by atoms with Crippen molar-refractivity contribution in [2.75, 3.05) is 11.2 Å². The molecule has 0 aromatic carbocycles. The highest BCUT2D eigenvalue weighted by atomic mass is 35.5. The zero-order chi connectivity index (χ0) is 11.3. The Balaban J connectivity index is 2.65. The summed E-state index contributed by atoms with van der Waals surface area (Å²) in [6.45, 7) is 7.44. The Hall–Kier alpha value is -0.700. The van der Waals surface area contributed by atoms with Gasteiger partial charge >= 0.3 is 0 Å². The van der Waals surface area contributed by atoms with E-state index in [9.17, 15) is 0 Å². The predicted molar refractivity (Wildman–Crippen MR) is 65.5 cm³/mol. The van der Waals surface area contributed by atoms with Gasteiger partial charge in [-0.15, -0.1) is 11.6 Å². The van der Waals surface area contributed by atoms with E-state index in [0.717, 1.165) is 18.9 Å². The SMILES string of the molecule is CCn1ccnc1NC(CCCl)C(C)C. The van der Waals surface area contributed by atoms with E-state index in [0.29, 0.717) is 17.8 Å². The van der Waals surface area contributed by atoms with Gasteiger partial charge in [0, 0.05) is 30.9 Å². The lowest BCUT2D eigenvalue weighted by molar-refractivity contribution is 0.506. The number of alkyl halides is 1. The second kappa shape index (κ2) is 6.01. The molecule has 1 atom stereocenters. The average Bonchev–Trinajstić information content (AvgIpc) is 2.64. The molecule has 1 heterocycles. The fourth-order valence-electron chi connectivity index (χ4n) is 1.56. The van der Waals surface area contributed by atoms with Crippen molar-refractivity contribution in [3.8, 4) is 0 Å². The molecule has 1 aromatic heterocycles. The topological polar surface area (TPSA) is 29.9 Å². The van der Waals surface area contributed by atoms with Gasteiger partial charge in [0.15, 0.2) is 0 Å². The van der Waals surface area contributed by atoms with E-state index in [1.807, 2.05) is 12.4 Å². The van der Waals surface area contributed by atoms with Crippen LogP contribution in [0.3, 0.4) is 0 Å². The van der Waals surface area contributed by atoms with Gasteiger partial charge in [-0.2, -0.15) is 0 Å². The van der Waals surface area contributed by atoms with Gasteiger partial charge in [0.05, 0.1) is 0 Å². The maximum absolute atomic E-state index is 5.79. The number of anilines is 1. The largest absolute Gasteiger partial charge is 0.353 e. The number of nitrogens with one attached hydrogen (secondary N) is 1. The fourth-order valence-corrected chi connectivity index (χ4v) is 1.80. The van der Waals surface area contributed by atoms with E-state index in [1.165, 1.54) is 0 Å². The molecular formula is C11H20ClN3. The molecule has 0 amide bonds. The highest BCUT2D eigenvalue weighted by Crippen LogP contribution is 2.14. The van der Waals surface area contributed by atoms with Crippen LogP contribution < -0.4 is 5.32 Å². The van der Waals surface area contributed by atoms with Crippen molar-refractivity contribution in [1.29, 1.82) is 0 Å². The summed E-state index contributed by atoms with van der Waals surface area (Å²) in [5, 5.41) is 3.45. The summed E-state index contributed by atoms with van der Waals surface area (Å²) >= 11 is 5.79. The van der Waals surface area contributed by atoms with Crippen molar-refractivity contribution in [1.82, 2.24) is 9.55 Å². The van der Waals surface area contributed by atoms with E-state index in [-0.39, 0.29) is 0 Å². The average molecular weight is 230 g/mol. The Bertz CT molecular complexity index is 283. The van der Waals surface area contributed by atoms with Crippen LogP contribution in [0.4, 0.5) is 5.95 Å². The molecule has 0 fully saturated rings. The van der Waals surface area contributed by atoms with E-state index >= 15 is 0 Å². The van der Waals surface area contributed by atoms with Crippen molar-refractivity contribution in [3.63, 3.8) is 0 Å². The second-order valence-corrected chi connectivity index (χ2v) is 4.39. The molecule has 0 radical (unpaired) electrons. The Morgan fingerprint density at radius 2 is 2.27 bits per heavy atom. The van der Waals surface area contributed by atoms with Gasteiger partial charge in [-0.25, -0.2) is 4.98 Å².